The van der Waals surface area contributed by atoms with E-state index in [1.54, 1.807) is 7.11 Å². The van der Waals surface area contributed by atoms with E-state index in [0.29, 0.717) is 6.61 Å². The number of methoxy groups -OCH3 is 1. The van der Waals surface area contributed by atoms with Crippen molar-refractivity contribution in [3.63, 3.8) is 0 Å². The van der Waals surface area contributed by atoms with Crippen molar-refractivity contribution < 1.29 is 9.53 Å². The van der Waals surface area contributed by atoms with Gasteiger partial charge in [0.1, 0.15) is 0 Å². The van der Waals surface area contributed by atoms with Gasteiger partial charge in [-0.3, -0.25) is 4.79 Å². The molecule has 0 aromatic rings. The molecular weight excluding hydrogens is 192 g/mol. The van der Waals surface area contributed by atoms with E-state index in [1.807, 2.05) is 6.92 Å². The van der Waals surface area contributed by atoms with Gasteiger partial charge in [-0.2, -0.15) is 0 Å². The van der Waals surface area contributed by atoms with Crippen LogP contribution in [0.3, 0.4) is 0 Å². The first kappa shape index (κ1) is 12.5. The summed E-state index contributed by atoms with van der Waals surface area (Å²) in [6.45, 7) is 4.65. The van der Waals surface area contributed by atoms with Gasteiger partial charge in [0.15, 0.2) is 0 Å². The van der Waals surface area contributed by atoms with Gasteiger partial charge >= 0.3 is 0 Å². The van der Waals surface area contributed by atoms with E-state index in [9.17, 15) is 4.79 Å². The number of amides is 1. The summed E-state index contributed by atoms with van der Waals surface area (Å²) in [5.41, 5.74) is 0. The Hall–Kier alpha value is -0.610. The minimum absolute atomic E-state index is 0.205. The monoisotopic (exact) mass is 214 g/mol. The van der Waals surface area contributed by atoms with Gasteiger partial charge in [-0.1, -0.05) is 0 Å². The second kappa shape index (κ2) is 6.80. The Bertz CT molecular complexity index is 191. The molecule has 4 nitrogen and oxygen atoms in total. The molecule has 0 aliphatic carbocycles. The molecule has 1 rings (SSSR count). The predicted molar refractivity (Wildman–Crippen MR) is 59.7 cm³/mol. The number of piperidine rings is 1. The van der Waals surface area contributed by atoms with Gasteiger partial charge in [0, 0.05) is 25.7 Å². The lowest BCUT2D eigenvalue weighted by atomic mass is 9.97. The first-order valence-electron chi connectivity index (χ1n) is 5.74. The van der Waals surface area contributed by atoms with Crippen LogP contribution in [0.2, 0.25) is 0 Å². The molecule has 0 bridgehead atoms. The van der Waals surface area contributed by atoms with Gasteiger partial charge in [0.2, 0.25) is 5.91 Å². The van der Waals surface area contributed by atoms with E-state index in [0.717, 1.165) is 32.4 Å². The molecule has 88 valence electrons. The van der Waals surface area contributed by atoms with Crippen molar-refractivity contribution >= 4 is 5.91 Å². The Balaban J connectivity index is 2.21. The minimum atomic E-state index is 0.205. The number of ether oxygens (including phenoxy) is 1. The molecular formula is C11H22N2O2. The van der Waals surface area contributed by atoms with Gasteiger partial charge in [-0.05, 0) is 39.3 Å². The molecule has 0 aromatic heterocycles. The fraction of sp³-hybridized carbons (Fsp3) is 0.909. The molecule has 4 heteroatoms. The summed E-state index contributed by atoms with van der Waals surface area (Å²) < 4.78 is 4.98. The topological polar surface area (TPSA) is 50.4 Å². The van der Waals surface area contributed by atoms with Crippen molar-refractivity contribution in [3.05, 3.63) is 0 Å². The van der Waals surface area contributed by atoms with Crippen LogP contribution in [0.15, 0.2) is 0 Å². The van der Waals surface area contributed by atoms with E-state index in [2.05, 4.69) is 10.6 Å². The number of carbonyl (C=O) groups excluding carboxylic acids is 1. The molecule has 1 heterocycles. The SMILES string of the molecule is COCCC(C)NC(=O)C1CCNCC1. The molecule has 1 saturated heterocycles. The highest BCUT2D eigenvalue weighted by atomic mass is 16.5. The third-order valence-electron chi connectivity index (χ3n) is 2.85. The van der Waals surface area contributed by atoms with Gasteiger partial charge in [0.05, 0.1) is 0 Å². The van der Waals surface area contributed by atoms with Crippen molar-refractivity contribution in [3.8, 4) is 0 Å². The summed E-state index contributed by atoms with van der Waals surface area (Å²) >= 11 is 0. The lowest BCUT2D eigenvalue weighted by Crippen LogP contribution is -2.41. The molecule has 1 amide bonds. The van der Waals surface area contributed by atoms with Crippen LogP contribution in [0, 0.1) is 5.92 Å². The number of rotatable bonds is 5. The van der Waals surface area contributed by atoms with Crippen LogP contribution < -0.4 is 10.6 Å². The number of hydrogen-bond acceptors (Lipinski definition) is 3. The molecule has 0 spiro atoms. The van der Waals surface area contributed by atoms with Crippen molar-refractivity contribution in [2.75, 3.05) is 26.8 Å². The minimum Gasteiger partial charge on any atom is -0.385 e. The molecule has 0 radical (unpaired) electrons. The van der Waals surface area contributed by atoms with E-state index in [4.69, 9.17) is 4.74 Å². The maximum atomic E-state index is 11.8. The Morgan fingerprint density at radius 3 is 2.80 bits per heavy atom. The zero-order chi connectivity index (χ0) is 11.1. The normalized spacial score (nSPS) is 19.9. The molecule has 1 fully saturated rings. The summed E-state index contributed by atoms with van der Waals surface area (Å²) in [5, 5.41) is 6.29. The summed E-state index contributed by atoms with van der Waals surface area (Å²) in [4.78, 5) is 11.8. The average Bonchev–Trinajstić information content (AvgIpc) is 2.27. The van der Waals surface area contributed by atoms with Crippen LogP contribution >= 0.6 is 0 Å². The quantitative estimate of drug-likeness (QED) is 0.702. The first-order valence-corrected chi connectivity index (χ1v) is 5.74. The zero-order valence-electron chi connectivity index (χ0n) is 9.71. The number of hydrogen-bond donors (Lipinski definition) is 2. The third-order valence-corrected chi connectivity index (χ3v) is 2.85. The summed E-state index contributed by atoms with van der Waals surface area (Å²) in [5.74, 6) is 0.413. The molecule has 0 saturated carbocycles. The van der Waals surface area contributed by atoms with E-state index in [-0.39, 0.29) is 17.9 Å². The van der Waals surface area contributed by atoms with Crippen molar-refractivity contribution in [1.29, 1.82) is 0 Å². The van der Waals surface area contributed by atoms with Crippen LogP contribution in [0.25, 0.3) is 0 Å². The second-order valence-electron chi connectivity index (χ2n) is 4.22. The third kappa shape index (κ3) is 4.62. The van der Waals surface area contributed by atoms with Crippen LogP contribution in [-0.2, 0) is 9.53 Å². The Kier molecular flexibility index (Phi) is 5.65. The Morgan fingerprint density at radius 1 is 1.53 bits per heavy atom. The number of carbonyl (C=O) groups is 1. The van der Waals surface area contributed by atoms with Gasteiger partial charge in [-0.15, -0.1) is 0 Å². The predicted octanol–water partition coefficient (Wildman–Crippen LogP) is 0.527. The molecule has 1 aliphatic heterocycles. The Labute approximate surface area is 91.8 Å². The lowest BCUT2D eigenvalue weighted by molar-refractivity contribution is -0.126. The first-order chi connectivity index (χ1) is 7.24. The van der Waals surface area contributed by atoms with Gasteiger partial charge < -0.3 is 15.4 Å². The van der Waals surface area contributed by atoms with Gasteiger partial charge in [-0.25, -0.2) is 0 Å². The van der Waals surface area contributed by atoms with Crippen molar-refractivity contribution in [2.45, 2.75) is 32.2 Å². The summed E-state index contributed by atoms with van der Waals surface area (Å²) in [6.07, 6.45) is 2.80. The fourth-order valence-electron chi connectivity index (χ4n) is 1.81. The average molecular weight is 214 g/mol. The fourth-order valence-corrected chi connectivity index (χ4v) is 1.81. The van der Waals surface area contributed by atoms with Crippen molar-refractivity contribution in [2.24, 2.45) is 5.92 Å². The van der Waals surface area contributed by atoms with E-state index in [1.165, 1.54) is 0 Å². The van der Waals surface area contributed by atoms with E-state index < -0.39 is 0 Å². The highest BCUT2D eigenvalue weighted by molar-refractivity contribution is 5.79. The summed E-state index contributed by atoms with van der Waals surface area (Å²) in [7, 11) is 1.68. The molecule has 2 N–H and O–H groups in total. The van der Waals surface area contributed by atoms with Crippen LogP contribution in [-0.4, -0.2) is 38.8 Å². The Morgan fingerprint density at radius 2 is 2.20 bits per heavy atom. The molecule has 1 atom stereocenters. The molecule has 1 unspecified atom stereocenters. The lowest BCUT2D eigenvalue weighted by Gasteiger charge is -2.23. The molecule has 15 heavy (non-hydrogen) atoms. The second-order valence-corrected chi connectivity index (χ2v) is 4.22. The maximum absolute atomic E-state index is 11.8. The zero-order valence-corrected chi connectivity index (χ0v) is 9.71. The van der Waals surface area contributed by atoms with Crippen LogP contribution in [0.4, 0.5) is 0 Å². The van der Waals surface area contributed by atoms with E-state index >= 15 is 0 Å². The number of nitrogens with one attached hydrogen (secondary N) is 2. The highest BCUT2D eigenvalue weighted by Crippen LogP contribution is 2.11. The summed E-state index contributed by atoms with van der Waals surface area (Å²) in [6, 6.07) is 0.215. The standard InChI is InChI=1S/C11H22N2O2/c1-9(5-8-15-2)13-11(14)10-3-6-12-7-4-10/h9-10,12H,3-8H2,1-2H3,(H,13,14). The largest absolute Gasteiger partial charge is 0.385 e. The maximum Gasteiger partial charge on any atom is 0.223 e. The smallest absolute Gasteiger partial charge is 0.223 e. The molecule has 1 aliphatic rings. The van der Waals surface area contributed by atoms with Crippen LogP contribution in [0.5, 0.6) is 0 Å². The highest BCUT2D eigenvalue weighted by Gasteiger charge is 2.21. The van der Waals surface area contributed by atoms with Crippen LogP contribution in [0.1, 0.15) is 26.2 Å². The van der Waals surface area contributed by atoms with Gasteiger partial charge in [0.25, 0.3) is 0 Å². The van der Waals surface area contributed by atoms with Crippen molar-refractivity contribution in [1.82, 2.24) is 10.6 Å². The molecule has 0 aromatic carbocycles.